The van der Waals surface area contributed by atoms with Gasteiger partial charge in [-0.15, -0.1) is 0 Å². The molecule has 0 saturated carbocycles. The van der Waals surface area contributed by atoms with Crippen molar-refractivity contribution in [2.45, 2.75) is 6.92 Å². The van der Waals surface area contributed by atoms with Gasteiger partial charge in [-0.3, -0.25) is 4.57 Å². The maximum Gasteiger partial charge on any atom is 0.111 e. The Bertz CT molecular complexity index is 1640. The van der Waals surface area contributed by atoms with Crippen LogP contribution in [0.5, 0.6) is 0 Å². The molecule has 0 bridgehead atoms. The zero-order chi connectivity index (χ0) is 21.2. The van der Waals surface area contributed by atoms with E-state index in [1.807, 2.05) is 6.07 Å². The van der Waals surface area contributed by atoms with Crippen molar-refractivity contribution < 1.29 is 0 Å². The first-order valence-corrected chi connectivity index (χ1v) is 11.0. The van der Waals surface area contributed by atoms with Gasteiger partial charge in [0.15, 0.2) is 0 Å². The van der Waals surface area contributed by atoms with Crippen LogP contribution in [-0.4, -0.2) is 9.55 Å². The van der Waals surface area contributed by atoms with Crippen LogP contribution in [0.2, 0.25) is 0 Å². The van der Waals surface area contributed by atoms with Crippen molar-refractivity contribution >= 4 is 21.8 Å². The second kappa shape index (κ2) is 6.41. The van der Waals surface area contributed by atoms with Crippen molar-refractivity contribution in [1.82, 2.24) is 9.55 Å². The molecule has 1 aromatic heterocycles. The average molecular weight is 409 g/mol. The molecule has 0 saturated heterocycles. The van der Waals surface area contributed by atoms with E-state index in [1.165, 1.54) is 44.2 Å². The molecular formula is C30H20N2. The summed E-state index contributed by atoms with van der Waals surface area (Å²) < 4.78 is 2.23. The van der Waals surface area contributed by atoms with Gasteiger partial charge in [-0.05, 0) is 75.3 Å². The van der Waals surface area contributed by atoms with E-state index in [1.54, 1.807) is 0 Å². The molecule has 32 heavy (non-hydrogen) atoms. The topological polar surface area (TPSA) is 17.8 Å². The van der Waals surface area contributed by atoms with Crippen LogP contribution in [0.3, 0.4) is 0 Å². The van der Waals surface area contributed by atoms with E-state index in [0.29, 0.717) is 0 Å². The first-order valence-electron chi connectivity index (χ1n) is 11.0. The number of rotatable bonds is 2. The van der Waals surface area contributed by atoms with Crippen LogP contribution in [0.4, 0.5) is 0 Å². The number of benzene rings is 5. The number of hydrogen-bond donors (Lipinski definition) is 0. The van der Waals surface area contributed by atoms with Crippen LogP contribution in [0.15, 0.2) is 103 Å². The normalized spacial score (nSPS) is 11.9. The van der Waals surface area contributed by atoms with E-state index in [-0.39, 0.29) is 0 Å². The predicted molar refractivity (Wildman–Crippen MR) is 133 cm³/mol. The number of imidazole rings is 1. The minimum Gasteiger partial charge on any atom is -0.297 e. The zero-order valence-electron chi connectivity index (χ0n) is 17.7. The van der Waals surface area contributed by atoms with Crippen molar-refractivity contribution in [3.05, 3.63) is 109 Å². The van der Waals surface area contributed by atoms with Crippen LogP contribution in [0, 0.1) is 6.92 Å². The standard InChI is InChI=1S/C30H20N2/c1-19-31-28-11-4-5-12-29(28)32(19)21-15-13-20(14-16-21)22-17-18-27-24-8-3-2-7-23(24)26-10-6-9-25(22)30(26)27/h2-18H,1H3. The van der Waals surface area contributed by atoms with Gasteiger partial charge in [-0.25, -0.2) is 4.98 Å². The SMILES string of the molecule is Cc1nc2ccccc2n1-c1ccc(-c2ccc3c4c(cccc24)-c2ccccc2-3)cc1. The molecule has 0 radical (unpaired) electrons. The molecule has 1 heterocycles. The van der Waals surface area contributed by atoms with E-state index in [2.05, 4.69) is 109 Å². The fourth-order valence-corrected chi connectivity index (χ4v) is 5.32. The third-order valence-corrected chi connectivity index (χ3v) is 6.71. The van der Waals surface area contributed by atoms with Gasteiger partial charge in [0, 0.05) is 5.69 Å². The van der Waals surface area contributed by atoms with Crippen LogP contribution in [-0.2, 0) is 0 Å². The highest BCUT2D eigenvalue weighted by molar-refractivity contribution is 6.18. The lowest BCUT2D eigenvalue weighted by atomic mass is 9.94. The van der Waals surface area contributed by atoms with Gasteiger partial charge in [-0.2, -0.15) is 0 Å². The molecule has 2 nitrogen and oxygen atoms in total. The number of aryl methyl sites for hydroxylation is 1. The quantitative estimate of drug-likeness (QED) is 0.285. The molecule has 1 aliphatic rings. The zero-order valence-corrected chi connectivity index (χ0v) is 17.7. The Balaban J connectivity index is 1.39. The number of aromatic nitrogens is 2. The van der Waals surface area contributed by atoms with Crippen LogP contribution in [0.1, 0.15) is 5.82 Å². The lowest BCUT2D eigenvalue weighted by Crippen LogP contribution is -1.96. The van der Waals surface area contributed by atoms with Gasteiger partial charge in [0.25, 0.3) is 0 Å². The fourth-order valence-electron chi connectivity index (χ4n) is 5.32. The predicted octanol–water partition coefficient (Wildman–Crippen LogP) is 7.80. The first kappa shape index (κ1) is 17.5. The van der Waals surface area contributed by atoms with Crippen molar-refractivity contribution in [1.29, 1.82) is 0 Å². The molecular weight excluding hydrogens is 388 g/mol. The molecule has 0 spiro atoms. The molecule has 0 fully saturated rings. The second-order valence-electron chi connectivity index (χ2n) is 8.46. The Kier molecular flexibility index (Phi) is 3.51. The minimum atomic E-state index is 1.00. The van der Waals surface area contributed by atoms with Crippen molar-refractivity contribution in [3.63, 3.8) is 0 Å². The highest BCUT2D eigenvalue weighted by Crippen LogP contribution is 2.49. The number of hydrogen-bond acceptors (Lipinski definition) is 1. The largest absolute Gasteiger partial charge is 0.297 e. The average Bonchev–Trinajstić information content (AvgIpc) is 3.35. The molecule has 7 rings (SSSR count). The maximum atomic E-state index is 4.72. The van der Waals surface area contributed by atoms with Crippen molar-refractivity contribution in [3.8, 4) is 39.1 Å². The van der Waals surface area contributed by atoms with Gasteiger partial charge < -0.3 is 0 Å². The Morgan fingerprint density at radius 3 is 2.03 bits per heavy atom. The number of fused-ring (bicyclic) bond motifs is 4. The summed E-state index contributed by atoms with van der Waals surface area (Å²) in [7, 11) is 0. The monoisotopic (exact) mass is 408 g/mol. The second-order valence-corrected chi connectivity index (χ2v) is 8.46. The Morgan fingerprint density at radius 1 is 0.562 bits per heavy atom. The molecule has 0 amide bonds. The van der Waals surface area contributed by atoms with E-state index in [0.717, 1.165) is 22.5 Å². The van der Waals surface area contributed by atoms with E-state index in [9.17, 15) is 0 Å². The van der Waals surface area contributed by atoms with Crippen LogP contribution >= 0.6 is 0 Å². The molecule has 0 unspecified atom stereocenters. The molecule has 5 aromatic carbocycles. The van der Waals surface area contributed by atoms with Gasteiger partial charge in [0.05, 0.1) is 11.0 Å². The minimum absolute atomic E-state index is 1.00. The van der Waals surface area contributed by atoms with Gasteiger partial charge in [-0.1, -0.05) is 78.9 Å². The molecule has 0 N–H and O–H groups in total. The summed E-state index contributed by atoms with van der Waals surface area (Å²) in [5, 5.41) is 2.68. The Hall–Kier alpha value is -4.17. The third kappa shape index (κ3) is 2.32. The molecule has 0 atom stereocenters. The summed E-state index contributed by atoms with van der Waals surface area (Å²) in [6, 6.07) is 37.1. The van der Waals surface area contributed by atoms with Crippen LogP contribution < -0.4 is 0 Å². The van der Waals surface area contributed by atoms with Gasteiger partial charge in [0.1, 0.15) is 5.82 Å². The van der Waals surface area contributed by atoms with E-state index >= 15 is 0 Å². The van der Waals surface area contributed by atoms with Crippen molar-refractivity contribution in [2.24, 2.45) is 0 Å². The highest BCUT2D eigenvalue weighted by atomic mass is 15.1. The fraction of sp³-hybridized carbons (Fsp3) is 0.0333. The lowest BCUT2D eigenvalue weighted by Gasteiger charge is -2.12. The first-order chi connectivity index (χ1) is 15.8. The summed E-state index contributed by atoms with van der Waals surface area (Å²) in [6.07, 6.45) is 0. The molecule has 150 valence electrons. The number of para-hydroxylation sites is 2. The molecule has 6 aromatic rings. The summed E-state index contributed by atoms with van der Waals surface area (Å²) in [5.74, 6) is 1.00. The summed E-state index contributed by atoms with van der Waals surface area (Å²) in [6.45, 7) is 2.06. The summed E-state index contributed by atoms with van der Waals surface area (Å²) in [5.41, 5.74) is 11.2. The van der Waals surface area contributed by atoms with E-state index in [4.69, 9.17) is 4.98 Å². The molecule has 1 aliphatic carbocycles. The summed E-state index contributed by atoms with van der Waals surface area (Å²) in [4.78, 5) is 4.72. The lowest BCUT2D eigenvalue weighted by molar-refractivity contribution is 1.00. The molecule has 0 aliphatic heterocycles. The maximum absolute atomic E-state index is 4.72. The third-order valence-electron chi connectivity index (χ3n) is 6.71. The van der Waals surface area contributed by atoms with E-state index < -0.39 is 0 Å². The summed E-state index contributed by atoms with van der Waals surface area (Å²) >= 11 is 0. The Labute approximate surface area is 186 Å². The van der Waals surface area contributed by atoms with Gasteiger partial charge in [0.2, 0.25) is 0 Å². The smallest absolute Gasteiger partial charge is 0.111 e. The van der Waals surface area contributed by atoms with Crippen molar-refractivity contribution in [2.75, 3.05) is 0 Å². The highest BCUT2D eigenvalue weighted by Gasteiger charge is 2.22. The Morgan fingerprint density at radius 2 is 1.22 bits per heavy atom. The molecule has 2 heteroatoms. The number of nitrogens with zero attached hydrogens (tertiary/aromatic N) is 2. The van der Waals surface area contributed by atoms with Gasteiger partial charge >= 0.3 is 0 Å². The van der Waals surface area contributed by atoms with Crippen LogP contribution in [0.25, 0.3) is 60.9 Å².